The van der Waals surface area contributed by atoms with Crippen LogP contribution in [0.4, 0.5) is 0 Å². The first kappa shape index (κ1) is 15.0. The van der Waals surface area contributed by atoms with Crippen molar-refractivity contribution < 1.29 is 9.53 Å². The molecule has 0 aromatic heterocycles. The summed E-state index contributed by atoms with van der Waals surface area (Å²) in [6, 6.07) is 14.1. The Kier molecular flexibility index (Phi) is 4.71. The van der Waals surface area contributed by atoms with E-state index in [0.29, 0.717) is 6.54 Å². The van der Waals surface area contributed by atoms with Crippen LogP contribution in [0, 0.1) is 0 Å². The fourth-order valence-corrected chi connectivity index (χ4v) is 2.72. The second kappa shape index (κ2) is 6.90. The van der Waals surface area contributed by atoms with Crippen LogP contribution in [0.2, 0.25) is 0 Å². The van der Waals surface area contributed by atoms with Crippen LogP contribution in [0.5, 0.6) is 5.75 Å². The van der Waals surface area contributed by atoms with Gasteiger partial charge in [0, 0.05) is 26.2 Å². The first-order valence-electron chi connectivity index (χ1n) is 7.75. The molecule has 0 saturated carbocycles. The van der Waals surface area contributed by atoms with Gasteiger partial charge in [-0.2, -0.15) is 0 Å². The summed E-state index contributed by atoms with van der Waals surface area (Å²) in [5, 5.41) is 2.31. The number of hydrogen-bond donors (Lipinski definition) is 0. The monoisotopic (exact) mass is 298 g/mol. The van der Waals surface area contributed by atoms with Gasteiger partial charge in [0.25, 0.3) is 0 Å². The van der Waals surface area contributed by atoms with Gasteiger partial charge in [-0.15, -0.1) is 0 Å². The van der Waals surface area contributed by atoms with E-state index < -0.39 is 0 Å². The quantitative estimate of drug-likeness (QED) is 0.845. The maximum atomic E-state index is 12.0. The minimum atomic E-state index is 0.137. The number of hydrogen-bond acceptors (Lipinski definition) is 4. The lowest BCUT2D eigenvalue weighted by molar-refractivity contribution is -0.122. The smallest absolute Gasteiger partial charge is 0.184 e. The fourth-order valence-electron chi connectivity index (χ4n) is 2.72. The molecule has 0 spiro atoms. The zero-order valence-corrected chi connectivity index (χ0v) is 13.0. The lowest BCUT2D eigenvalue weighted by Gasteiger charge is -2.31. The Morgan fingerprint density at radius 3 is 2.55 bits per heavy atom. The lowest BCUT2D eigenvalue weighted by Crippen LogP contribution is -2.46. The highest BCUT2D eigenvalue weighted by Gasteiger charge is 2.16. The molecule has 0 amide bonds. The number of piperazine rings is 1. The molecule has 2 aromatic carbocycles. The van der Waals surface area contributed by atoms with Crippen LogP contribution in [-0.2, 0) is 4.79 Å². The van der Waals surface area contributed by atoms with Crippen molar-refractivity contribution in [1.82, 2.24) is 9.80 Å². The molecule has 1 saturated heterocycles. The summed E-state index contributed by atoms with van der Waals surface area (Å²) in [7, 11) is 2.11. The second-order valence-corrected chi connectivity index (χ2v) is 5.92. The van der Waals surface area contributed by atoms with Crippen molar-refractivity contribution in [1.29, 1.82) is 0 Å². The van der Waals surface area contributed by atoms with Crippen LogP contribution in [0.15, 0.2) is 42.5 Å². The van der Waals surface area contributed by atoms with Crippen molar-refractivity contribution >= 4 is 16.6 Å². The molecule has 1 fully saturated rings. The molecule has 0 unspecified atom stereocenters. The highest BCUT2D eigenvalue weighted by atomic mass is 16.5. The van der Waals surface area contributed by atoms with E-state index in [-0.39, 0.29) is 12.4 Å². The molecule has 2 aromatic rings. The molecule has 1 aliphatic rings. The number of Topliss-reactive ketones (excluding diaryl/α,β-unsaturated/α-hetero) is 1. The molecule has 0 bridgehead atoms. The molecule has 0 atom stereocenters. The molecule has 1 heterocycles. The number of carbonyl (C=O) groups excluding carboxylic acids is 1. The Bertz CT molecular complexity index is 648. The van der Waals surface area contributed by atoms with E-state index in [0.717, 1.165) is 37.3 Å². The van der Waals surface area contributed by atoms with Gasteiger partial charge in [0.2, 0.25) is 0 Å². The van der Waals surface area contributed by atoms with Crippen molar-refractivity contribution in [2.75, 3.05) is 46.4 Å². The van der Waals surface area contributed by atoms with Crippen LogP contribution >= 0.6 is 0 Å². The standard InChI is InChI=1S/C18H22N2O2/c1-19-8-10-20(11-9-19)13-17(21)14-22-18-7-6-15-4-2-3-5-16(15)12-18/h2-7,12H,8-11,13-14H2,1H3. The summed E-state index contributed by atoms with van der Waals surface area (Å²) in [6.45, 7) is 4.60. The van der Waals surface area contributed by atoms with E-state index in [9.17, 15) is 4.79 Å². The molecular formula is C18H22N2O2. The topological polar surface area (TPSA) is 32.8 Å². The van der Waals surface area contributed by atoms with Gasteiger partial charge in [-0.3, -0.25) is 9.69 Å². The number of benzene rings is 2. The van der Waals surface area contributed by atoms with Crippen LogP contribution in [0.25, 0.3) is 10.8 Å². The van der Waals surface area contributed by atoms with E-state index in [4.69, 9.17) is 4.74 Å². The lowest BCUT2D eigenvalue weighted by atomic mass is 10.1. The Morgan fingerprint density at radius 2 is 1.77 bits per heavy atom. The molecule has 116 valence electrons. The van der Waals surface area contributed by atoms with Crippen LogP contribution in [0.1, 0.15) is 0 Å². The normalized spacial score (nSPS) is 16.8. The van der Waals surface area contributed by atoms with E-state index in [1.165, 1.54) is 5.39 Å². The molecular weight excluding hydrogens is 276 g/mol. The van der Waals surface area contributed by atoms with Gasteiger partial charge in [0.15, 0.2) is 5.78 Å². The van der Waals surface area contributed by atoms with Crippen LogP contribution in [-0.4, -0.2) is 62.0 Å². The summed E-state index contributed by atoms with van der Waals surface area (Å²) < 4.78 is 5.65. The molecule has 4 nitrogen and oxygen atoms in total. The predicted octanol–water partition coefficient (Wildman–Crippen LogP) is 2.04. The Morgan fingerprint density at radius 1 is 1.05 bits per heavy atom. The molecule has 3 rings (SSSR count). The highest BCUT2D eigenvalue weighted by Crippen LogP contribution is 2.20. The third-order valence-corrected chi connectivity index (χ3v) is 4.12. The number of ether oxygens (including phenoxy) is 1. The Hall–Kier alpha value is -1.91. The summed E-state index contributed by atoms with van der Waals surface area (Å²) >= 11 is 0. The van der Waals surface area contributed by atoms with Gasteiger partial charge in [0.05, 0.1) is 6.54 Å². The zero-order valence-electron chi connectivity index (χ0n) is 13.0. The van der Waals surface area contributed by atoms with Gasteiger partial charge < -0.3 is 9.64 Å². The Labute approximate surface area is 131 Å². The molecule has 0 radical (unpaired) electrons. The number of nitrogens with zero attached hydrogens (tertiary/aromatic N) is 2. The minimum Gasteiger partial charge on any atom is -0.486 e. The largest absolute Gasteiger partial charge is 0.486 e. The van der Waals surface area contributed by atoms with Gasteiger partial charge >= 0.3 is 0 Å². The minimum absolute atomic E-state index is 0.137. The maximum absolute atomic E-state index is 12.0. The SMILES string of the molecule is CN1CCN(CC(=O)COc2ccc3ccccc3c2)CC1. The zero-order chi connectivity index (χ0) is 15.4. The number of rotatable bonds is 5. The highest BCUT2D eigenvalue weighted by molar-refractivity contribution is 5.84. The van der Waals surface area contributed by atoms with Crippen molar-refractivity contribution in [3.8, 4) is 5.75 Å². The molecule has 0 N–H and O–H groups in total. The van der Waals surface area contributed by atoms with E-state index in [1.54, 1.807) is 0 Å². The molecule has 22 heavy (non-hydrogen) atoms. The van der Waals surface area contributed by atoms with Crippen LogP contribution < -0.4 is 4.74 Å². The van der Waals surface area contributed by atoms with Gasteiger partial charge in [-0.05, 0) is 30.0 Å². The van der Waals surface area contributed by atoms with Gasteiger partial charge in [-0.1, -0.05) is 30.3 Å². The summed E-state index contributed by atoms with van der Waals surface area (Å²) in [6.07, 6.45) is 0. The summed E-state index contributed by atoms with van der Waals surface area (Å²) in [5.41, 5.74) is 0. The molecule has 4 heteroatoms. The van der Waals surface area contributed by atoms with E-state index >= 15 is 0 Å². The average molecular weight is 298 g/mol. The third kappa shape index (κ3) is 3.84. The summed E-state index contributed by atoms with van der Waals surface area (Å²) in [5.74, 6) is 0.892. The summed E-state index contributed by atoms with van der Waals surface area (Å²) in [4.78, 5) is 16.5. The van der Waals surface area contributed by atoms with E-state index in [1.807, 2.05) is 36.4 Å². The fraction of sp³-hybridized carbons (Fsp3) is 0.389. The predicted molar refractivity (Wildman–Crippen MR) is 88.4 cm³/mol. The van der Waals surface area contributed by atoms with Gasteiger partial charge in [-0.25, -0.2) is 0 Å². The van der Waals surface area contributed by atoms with Crippen LogP contribution in [0.3, 0.4) is 0 Å². The number of fused-ring (bicyclic) bond motifs is 1. The van der Waals surface area contributed by atoms with Crippen molar-refractivity contribution in [2.24, 2.45) is 0 Å². The second-order valence-electron chi connectivity index (χ2n) is 5.92. The molecule has 0 aliphatic carbocycles. The van der Waals surface area contributed by atoms with Crippen molar-refractivity contribution in [2.45, 2.75) is 0 Å². The molecule has 1 aliphatic heterocycles. The van der Waals surface area contributed by atoms with E-state index in [2.05, 4.69) is 22.9 Å². The van der Waals surface area contributed by atoms with Crippen molar-refractivity contribution in [3.63, 3.8) is 0 Å². The third-order valence-electron chi connectivity index (χ3n) is 4.12. The average Bonchev–Trinajstić information content (AvgIpc) is 2.55. The van der Waals surface area contributed by atoms with Gasteiger partial charge in [0.1, 0.15) is 12.4 Å². The Balaban J connectivity index is 1.51. The van der Waals surface area contributed by atoms with Crippen molar-refractivity contribution in [3.05, 3.63) is 42.5 Å². The number of likely N-dealkylation sites (N-methyl/N-ethyl adjacent to an activating group) is 1. The maximum Gasteiger partial charge on any atom is 0.184 e. The number of carbonyl (C=O) groups is 1. The first-order valence-corrected chi connectivity index (χ1v) is 7.75. The number of ketones is 1. The first-order chi connectivity index (χ1) is 10.7.